The summed E-state index contributed by atoms with van der Waals surface area (Å²) in [7, 11) is 4.21. The number of carbonyl (C=O) groups excluding carboxylic acids is 2. The Hall–Kier alpha value is -3.82. The smallest absolute Gasteiger partial charge is 0.339 e. The van der Waals surface area contributed by atoms with Crippen LogP contribution in [0.15, 0.2) is 36.4 Å². The first-order valence-electron chi connectivity index (χ1n) is 8.37. The molecule has 0 heterocycles. The third kappa shape index (κ3) is 5.12. The summed E-state index contributed by atoms with van der Waals surface area (Å²) in [5.74, 6) is -0.476. The van der Waals surface area contributed by atoms with E-state index in [1.807, 2.05) is 0 Å². The number of hydrogen-bond donors (Lipinski definition) is 1. The van der Waals surface area contributed by atoms with Crippen LogP contribution in [0.25, 0.3) is 0 Å². The van der Waals surface area contributed by atoms with Gasteiger partial charge in [-0.25, -0.2) is 4.79 Å². The molecule has 0 saturated heterocycles. The van der Waals surface area contributed by atoms with Crippen LogP contribution in [-0.4, -0.2) is 44.2 Å². The number of nitro groups is 1. The number of esters is 1. The summed E-state index contributed by atoms with van der Waals surface area (Å²) in [5, 5.41) is 13.4. The highest BCUT2D eigenvalue weighted by Crippen LogP contribution is 2.30. The second kappa shape index (κ2) is 9.40. The third-order valence-corrected chi connectivity index (χ3v) is 3.93. The molecule has 1 amide bonds. The van der Waals surface area contributed by atoms with Crippen molar-refractivity contribution in [2.45, 2.75) is 13.0 Å². The molecular formula is C19H20N2O8. The molecule has 2 rings (SSSR count). The molecule has 1 unspecified atom stereocenters. The molecule has 1 atom stereocenters. The lowest BCUT2D eigenvalue weighted by Gasteiger charge is -2.15. The quantitative estimate of drug-likeness (QED) is 0.404. The molecule has 1 N–H and O–H groups in total. The molecule has 2 aromatic carbocycles. The Morgan fingerprint density at radius 1 is 0.966 bits per heavy atom. The average Bonchev–Trinajstić information content (AvgIpc) is 2.72. The van der Waals surface area contributed by atoms with Gasteiger partial charge in [-0.05, 0) is 31.2 Å². The van der Waals surface area contributed by atoms with Crippen LogP contribution in [0, 0.1) is 10.1 Å². The van der Waals surface area contributed by atoms with Gasteiger partial charge in [-0.3, -0.25) is 14.9 Å². The van der Waals surface area contributed by atoms with Gasteiger partial charge in [-0.15, -0.1) is 0 Å². The number of non-ortho nitro benzene ring substituents is 1. The fourth-order valence-corrected chi connectivity index (χ4v) is 2.38. The molecule has 2 aromatic rings. The number of anilines is 1. The van der Waals surface area contributed by atoms with Gasteiger partial charge in [0.1, 0.15) is 5.75 Å². The molecule has 0 aliphatic heterocycles. The number of amides is 1. The van der Waals surface area contributed by atoms with Gasteiger partial charge in [-0.1, -0.05) is 0 Å². The van der Waals surface area contributed by atoms with Gasteiger partial charge in [0.05, 0.1) is 43.6 Å². The third-order valence-electron chi connectivity index (χ3n) is 3.93. The number of ether oxygens (including phenoxy) is 4. The first-order valence-corrected chi connectivity index (χ1v) is 8.37. The lowest BCUT2D eigenvalue weighted by molar-refractivity contribution is -0.384. The lowest BCUT2D eigenvalue weighted by Crippen LogP contribution is -2.30. The van der Waals surface area contributed by atoms with E-state index < -0.39 is 22.9 Å². The molecular weight excluding hydrogens is 384 g/mol. The fourth-order valence-electron chi connectivity index (χ4n) is 2.38. The van der Waals surface area contributed by atoms with E-state index in [1.165, 1.54) is 58.6 Å². The van der Waals surface area contributed by atoms with Gasteiger partial charge < -0.3 is 24.3 Å². The molecule has 0 bridgehead atoms. The van der Waals surface area contributed by atoms with Crippen molar-refractivity contribution in [1.29, 1.82) is 0 Å². The highest BCUT2D eigenvalue weighted by atomic mass is 16.6. The van der Waals surface area contributed by atoms with Crippen molar-refractivity contribution in [2.75, 3.05) is 26.6 Å². The Bertz CT molecular complexity index is 928. The predicted octanol–water partition coefficient (Wildman–Crippen LogP) is 2.80. The summed E-state index contributed by atoms with van der Waals surface area (Å²) in [6.45, 7) is 1.39. The number of rotatable bonds is 8. The van der Waals surface area contributed by atoms with Gasteiger partial charge in [0, 0.05) is 6.07 Å². The first kappa shape index (κ1) is 21.5. The van der Waals surface area contributed by atoms with E-state index in [4.69, 9.17) is 18.9 Å². The van der Waals surface area contributed by atoms with Gasteiger partial charge in [0.15, 0.2) is 17.6 Å². The van der Waals surface area contributed by atoms with E-state index in [1.54, 1.807) is 6.07 Å². The van der Waals surface area contributed by atoms with Crippen LogP contribution < -0.4 is 19.5 Å². The Morgan fingerprint density at radius 3 is 2.21 bits per heavy atom. The van der Waals surface area contributed by atoms with Crippen molar-refractivity contribution >= 4 is 23.3 Å². The fraction of sp³-hybridized carbons (Fsp3) is 0.263. The van der Waals surface area contributed by atoms with Crippen LogP contribution in [-0.2, 0) is 9.53 Å². The van der Waals surface area contributed by atoms with Crippen molar-refractivity contribution in [2.24, 2.45) is 0 Å². The van der Waals surface area contributed by atoms with Gasteiger partial charge in [0.2, 0.25) is 0 Å². The number of nitrogens with zero attached hydrogens (tertiary/aromatic N) is 1. The highest BCUT2D eigenvalue weighted by Gasteiger charge is 2.22. The van der Waals surface area contributed by atoms with Crippen LogP contribution >= 0.6 is 0 Å². The van der Waals surface area contributed by atoms with Crippen molar-refractivity contribution in [3.05, 3.63) is 52.1 Å². The van der Waals surface area contributed by atoms with Crippen LogP contribution in [0.5, 0.6) is 17.2 Å². The number of carbonyl (C=O) groups is 2. The highest BCUT2D eigenvalue weighted by molar-refractivity contribution is 5.98. The van der Waals surface area contributed by atoms with Gasteiger partial charge in [0.25, 0.3) is 11.6 Å². The van der Waals surface area contributed by atoms with Gasteiger partial charge >= 0.3 is 5.97 Å². The minimum atomic E-state index is -1.14. The number of methoxy groups -OCH3 is 3. The number of nitrogens with one attached hydrogen (secondary N) is 1. The van der Waals surface area contributed by atoms with E-state index in [2.05, 4.69) is 5.32 Å². The van der Waals surface area contributed by atoms with Crippen LogP contribution in [0.4, 0.5) is 11.4 Å². The number of hydrogen-bond acceptors (Lipinski definition) is 8. The summed E-state index contributed by atoms with van der Waals surface area (Å²) < 4.78 is 20.5. The summed E-state index contributed by atoms with van der Waals surface area (Å²) in [6, 6.07) is 8.19. The Kier molecular flexibility index (Phi) is 6.96. The molecule has 0 aliphatic carbocycles. The molecule has 10 heteroatoms. The lowest BCUT2D eigenvalue weighted by atomic mass is 10.2. The minimum Gasteiger partial charge on any atom is -0.494 e. The average molecular weight is 404 g/mol. The first-order chi connectivity index (χ1) is 13.8. The summed E-state index contributed by atoms with van der Waals surface area (Å²) in [6.07, 6.45) is -1.14. The molecule has 0 radical (unpaired) electrons. The minimum absolute atomic E-state index is 0.103. The zero-order chi connectivity index (χ0) is 21.6. The van der Waals surface area contributed by atoms with E-state index in [0.29, 0.717) is 11.5 Å². The van der Waals surface area contributed by atoms with Crippen molar-refractivity contribution < 1.29 is 33.5 Å². The normalized spacial score (nSPS) is 11.2. The Morgan fingerprint density at radius 2 is 1.62 bits per heavy atom. The maximum absolute atomic E-state index is 12.4. The van der Waals surface area contributed by atoms with Gasteiger partial charge in [-0.2, -0.15) is 0 Å². The molecule has 0 fully saturated rings. The summed E-state index contributed by atoms with van der Waals surface area (Å²) >= 11 is 0. The molecule has 154 valence electrons. The van der Waals surface area contributed by atoms with Crippen molar-refractivity contribution in [3.63, 3.8) is 0 Å². The largest absolute Gasteiger partial charge is 0.494 e. The van der Waals surface area contributed by atoms with E-state index in [0.717, 1.165) is 0 Å². The standard InChI is InChI=1S/C19H20N2O8/c1-11(29-19(23)12-5-8-15(26-2)17(9-12)28-4)18(22)20-14-7-6-13(21(24)25)10-16(14)27-3/h5-11H,1-4H3,(H,20,22). The van der Waals surface area contributed by atoms with Crippen molar-refractivity contribution in [3.8, 4) is 17.2 Å². The van der Waals surface area contributed by atoms with E-state index in [-0.39, 0.29) is 22.7 Å². The second-order valence-corrected chi connectivity index (χ2v) is 5.75. The number of benzene rings is 2. The monoisotopic (exact) mass is 404 g/mol. The summed E-state index contributed by atoms with van der Waals surface area (Å²) in [5.41, 5.74) is 0.195. The summed E-state index contributed by atoms with van der Waals surface area (Å²) in [4.78, 5) is 35.0. The molecule has 0 aromatic heterocycles. The van der Waals surface area contributed by atoms with Crippen LogP contribution in [0.2, 0.25) is 0 Å². The molecule has 0 aliphatic rings. The maximum atomic E-state index is 12.4. The second-order valence-electron chi connectivity index (χ2n) is 5.75. The topological polar surface area (TPSA) is 126 Å². The maximum Gasteiger partial charge on any atom is 0.339 e. The van der Waals surface area contributed by atoms with E-state index >= 15 is 0 Å². The molecule has 29 heavy (non-hydrogen) atoms. The SMILES string of the molecule is COc1cc([N+](=O)[O-])ccc1NC(=O)C(C)OC(=O)c1ccc(OC)c(OC)c1. The Labute approximate surface area is 166 Å². The molecule has 10 nitrogen and oxygen atoms in total. The van der Waals surface area contributed by atoms with Crippen molar-refractivity contribution in [1.82, 2.24) is 0 Å². The number of nitro benzene ring substituents is 1. The van der Waals surface area contributed by atoms with E-state index in [9.17, 15) is 19.7 Å². The molecule has 0 spiro atoms. The van der Waals surface area contributed by atoms with Crippen LogP contribution in [0.1, 0.15) is 17.3 Å². The zero-order valence-corrected chi connectivity index (χ0v) is 16.3. The zero-order valence-electron chi connectivity index (χ0n) is 16.3. The predicted molar refractivity (Wildman–Crippen MR) is 103 cm³/mol. The Balaban J connectivity index is 2.09. The van der Waals surface area contributed by atoms with Crippen LogP contribution in [0.3, 0.4) is 0 Å². The molecule has 0 saturated carbocycles.